The van der Waals surface area contributed by atoms with E-state index in [9.17, 15) is 18.7 Å². The van der Waals surface area contributed by atoms with Gasteiger partial charge in [-0.05, 0) is 13.8 Å². The molecule has 1 aromatic carbocycles. The molecule has 0 aliphatic heterocycles. The van der Waals surface area contributed by atoms with Gasteiger partial charge in [0.2, 0.25) is 0 Å². The Morgan fingerprint density at radius 3 is 2.35 bits per heavy atom. The molecular weight excluding hydrogens is 490 g/mol. The van der Waals surface area contributed by atoms with Crippen molar-refractivity contribution in [2.75, 3.05) is 26.6 Å². The van der Waals surface area contributed by atoms with Crippen LogP contribution in [0.2, 0.25) is 0 Å². The number of benzene rings is 1. The fraction of sp³-hybridized carbons (Fsp3) is 0.200. The van der Waals surface area contributed by atoms with Gasteiger partial charge in [-0.15, -0.1) is 0 Å². The van der Waals surface area contributed by atoms with Crippen molar-refractivity contribution < 1.29 is 37.6 Å². The normalized spacial score (nSPS) is 10.8. The first kappa shape index (κ1) is 25.4. The lowest BCUT2D eigenvalue weighted by atomic mass is 10.1. The molecule has 192 valence electrons. The lowest BCUT2D eigenvalue weighted by Crippen LogP contribution is -2.16. The minimum Gasteiger partial charge on any atom is -0.504 e. The Morgan fingerprint density at radius 1 is 0.919 bits per heavy atom. The van der Waals surface area contributed by atoms with Crippen molar-refractivity contribution >= 4 is 22.6 Å². The topological polar surface area (TPSA) is 125 Å². The highest BCUT2D eigenvalue weighted by Gasteiger charge is 2.24. The van der Waals surface area contributed by atoms with E-state index in [4.69, 9.17) is 18.9 Å². The van der Waals surface area contributed by atoms with Crippen LogP contribution in [-0.4, -0.2) is 47.3 Å². The van der Waals surface area contributed by atoms with Gasteiger partial charge in [0.25, 0.3) is 11.8 Å². The van der Waals surface area contributed by atoms with Crippen LogP contribution in [0.1, 0.15) is 21.7 Å². The summed E-state index contributed by atoms with van der Waals surface area (Å²) in [5.74, 6) is -3.22. The molecule has 0 bridgehead atoms. The third-order valence-electron chi connectivity index (χ3n) is 5.42. The lowest BCUT2D eigenvalue weighted by Gasteiger charge is -2.15. The van der Waals surface area contributed by atoms with Gasteiger partial charge in [-0.1, -0.05) is 0 Å². The standard InChI is InChI=1S/C25H22F2N4O6/c1-11-20(22(32)23(35-4)12(2)29-11)24(33)30-15-8-14(27)18(9-13(15)26)37-17-6-7-28-16-10-19(34-3)25(36-5)31-21(16)17/h6-10H,1-5H3,(H,29,32)(H,30,33). The molecule has 4 aromatic rings. The zero-order valence-electron chi connectivity index (χ0n) is 20.5. The van der Waals surface area contributed by atoms with Crippen molar-refractivity contribution in [3.05, 3.63) is 59.0 Å². The molecule has 37 heavy (non-hydrogen) atoms. The smallest absolute Gasteiger partial charge is 0.261 e. The summed E-state index contributed by atoms with van der Waals surface area (Å²) >= 11 is 0. The van der Waals surface area contributed by atoms with Crippen LogP contribution in [-0.2, 0) is 0 Å². The quantitative estimate of drug-likeness (QED) is 0.363. The average Bonchev–Trinajstić information content (AvgIpc) is 2.86. The number of carbonyl (C=O) groups excluding carboxylic acids is 1. The molecule has 0 saturated heterocycles. The second-order valence-corrected chi connectivity index (χ2v) is 7.73. The molecule has 0 radical (unpaired) electrons. The molecule has 2 N–H and O–H groups in total. The predicted octanol–water partition coefficient (Wildman–Crippen LogP) is 4.70. The Labute approximate surface area is 209 Å². The van der Waals surface area contributed by atoms with E-state index in [0.29, 0.717) is 17.0 Å². The molecule has 1 amide bonds. The molecule has 4 rings (SSSR count). The second kappa shape index (κ2) is 10.1. The number of nitrogens with one attached hydrogen (secondary N) is 1. The van der Waals surface area contributed by atoms with Gasteiger partial charge in [-0.25, -0.2) is 13.8 Å². The summed E-state index contributed by atoms with van der Waals surface area (Å²) in [6.45, 7) is 3.09. The number of aromatic nitrogens is 3. The number of fused-ring (bicyclic) bond motifs is 1. The summed E-state index contributed by atoms with van der Waals surface area (Å²) in [6.07, 6.45) is 1.41. The van der Waals surface area contributed by atoms with E-state index in [1.165, 1.54) is 40.5 Å². The summed E-state index contributed by atoms with van der Waals surface area (Å²) in [6, 6.07) is 4.53. The molecule has 0 saturated carbocycles. The third-order valence-corrected chi connectivity index (χ3v) is 5.42. The van der Waals surface area contributed by atoms with Crippen LogP contribution in [0.25, 0.3) is 11.0 Å². The summed E-state index contributed by atoms with van der Waals surface area (Å²) in [7, 11) is 4.15. The van der Waals surface area contributed by atoms with Crippen LogP contribution in [0.3, 0.4) is 0 Å². The van der Waals surface area contributed by atoms with E-state index in [-0.39, 0.29) is 34.2 Å². The summed E-state index contributed by atoms with van der Waals surface area (Å²) in [4.78, 5) is 25.4. The minimum atomic E-state index is -0.987. The SMILES string of the molecule is COc1cc2nccc(Oc3cc(F)c(NC(=O)c4c(C)nc(C)c(OC)c4O)cc3F)c2nc1OC. The number of hydrogen-bond acceptors (Lipinski definition) is 9. The van der Waals surface area contributed by atoms with Gasteiger partial charge in [0, 0.05) is 30.5 Å². The van der Waals surface area contributed by atoms with Crippen molar-refractivity contribution in [2.45, 2.75) is 13.8 Å². The number of carbonyl (C=O) groups is 1. The molecule has 0 aliphatic carbocycles. The van der Waals surface area contributed by atoms with Gasteiger partial charge in [0.1, 0.15) is 11.1 Å². The molecule has 10 nitrogen and oxygen atoms in total. The maximum absolute atomic E-state index is 15.0. The van der Waals surface area contributed by atoms with Gasteiger partial charge in [0.15, 0.2) is 40.4 Å². The first-order chi connectivity index (χ1) is 17.7. The molecule has 0 atom stereocenters. The summed E-state index contributed by atoms with van der Waals surface area (Å²) in [5.41, 5.74) is 0.431. The number of aromatic hydroxyl groups is 1. The van der Waals surface area contributed by atoms with Crippen molar-refractivity contribution in [3.8, 4) is 34.6 Å². The molecule has 0 aliphatic rings. The Hall–Kier alpha value is -4.74. The zero-order chi connectivity index (χ0) is 26.9. The number of aryl methyl sites for hydroxylation is 2. The first-order valence-electron chi connectivity index (χ1n) is 10.8. The van der Waals surface area contributed by atoms with Gasteiger partial charge in [0.05, 0.1) is 43.9 Å². The number of rotatable bonds is 7. The number of amides is 1. The third kappa shape index (κ3) is 4.73. The monoisotopic (exact) mass is 512 g/mol. The van der Waals surface area contributed by atoms with E-state index in [0.717, 1.165) is 12.1 Å². The van der Waals surface area contributed by atoms with E-state index in [1.807, 2.05) is 0 Å². The lowest BCUT2D eigenvalue weighted by molar-refractivity contribution is 0.102. The molecule has 12 heteroatoms. The number of methoxy groups -OCH3 is 3. The van der Waals surface area contributed by atoms with Crippen LogP contribution in [0.4, 0.5) is 14.5 Å². The van der Waals surface area contributed by atoms with Crippen LogP contribution in [0.5, 0.6) is 34.6 Å². The molecule has 0 fully saturated rings. The maximum atomic E-state index is 15.0. The van der Waals surface area contributed by atoms with Crippen LogP contribution < -0.4 is 24.3 Å². The number of pyridine rings is 3. The van der Waals surface area contributed by atoms with Gasteiger partial charge < -0.3 is 29.4 Å². The molecular formula is C25H22F2N4O6. The summed E-state index contributed by atoms with van der Waals surface area (Å²) in [5, 5.41) is 12.7. The zero-order valence-corrected chi connectivity index (χ0v) is 20.5. The maximum Gasteiger partial charge on any atom is 0.261 e. The van der Waals surface area contributed by atoms with Crippen LogP contribution >= 0.6 is 0 Å². The minimum absolute atomic E-state index is 0.00131. The van der Waals surface area contributed by atoms with Crippen LogP contribution in [0.15, 0.2) is 30.5 Å². The van der Waals surface area contributed by atoms with Gasteiger partial charge >= 0.3 is 0 Å². The average molecular weight is 512 g/mol. The van der Waals surface area contributed by atoms with Gasteiger partial charge in [-0.3, -0.25) is 14.8 Å². The molecule has 0 spiro atoms. The fourth-order valence-corrected chi connectivity index (χ4v) is 3.72. The fourth-order valence-electron chi connectivity index (χ4n) is 3.72. The number of halogens is 2. The predicted molar refractivity (Wildman–Crippen MR) is 129 cm³/mol. The molecule has 0 unspecified atom stereocenters. The number of nitrogens with zero attached hydrogens (tertiary/aromatic N) is 3. The van der Waals surface area contributed by atoms with Crippen molar-refractivity contribution in [1.82, 2.24) is 15.0 Å². The van der Waals surface area contributed by atoms with E-state index < -0.39 is 34.7 Å². The van der Waals surface area contributed by atoms with Gasteiger partial charge in [-0.2, -0.15) is 0 Å². The Kier molecular flexibility index (Phi) is 6.92. The molecule has 3 heterocycles. The largest absolute Gasteiger partial charge is 0.504 e. The highest BCUT2D eigenvalue weighted by atomic mass is 19.1. The number of hydrogen-bond donors (Lipinski definition) is 2. The van der Waals surface area contributed by atoms with E-state index >= 15 is 0 Å². The Bertz CT molecular complexity index is 1530. The van der Waals surface area contributed by atoms with Crippen molar-refractivity contribution in [3.63, 3.8) is 0 Å². The van der Waals surface area contributed by atoms with Crippen molar-refractivity contribution in [1.29, 1.82) is 0 Å². The Balaban J connectivity index is 1.66. The highest BCUT2D eigenvalue weighted by molar-refractivity contribution is 6.07. The van der Waals surface area contributed by atoms with Crippen molar-refractivity contribution in [2.24, 2.45) is 0 Å². The first-order valence-corrected chi connectivity index (χ1v) is 10.8. The van der Waals surface area contributed by atoms with E-state index in [1.54, 1.807) is 13.0 Å². The molecule has 3 aromatic heterocycles. The number of ether oxygens (including phenoxy) is 4. The van der Waals surface area contributed by atoms with E-state index in [2.05, 4.69) is 20.3 Å². The summed E-state index contributed by atoms with van der Waals surface area (Å²) < 4.78 is 51.0. The highest BCUT2D eigenvalue weighted by Crippen LogP contribution is 2.37. The Morgan fingerprint density at radius 2 is 1.68 bits per heavy atom. The number of anilines is 1. The second-order valence-electron chi connectivity index (χ2n) is 7.73. The van der Waals surface area contributed by atoms with Crippen LogP contribution in [0, 0.1) is 25.5 Å².